The van der Waals surface area contributed by atoms with Gasteiger partial charge in [-0.25, -0.2) is 0 Å². The zero-order valence-corrected chi connectivity index (χ0v) is 10.5. The lowest BCUT2D eigenvalue weighted by molar-refractivity contribution is -0.152. The summed E-state index contributed by atoms with van der Waals surface area (Å²) in [7, 11) is 0. The van der Waals surface area contributed by atoms with Gasteiger partial charge in [0.2, 0.25) is 5.60 Å². The summed E-state index contributed by atoms with van der Waals surface area (Å²) in [4.78, 5) is 11.3. The first-order valence-electron chi connectivity index (χ1n) is 5.81. The third-order valence-corrected chi connectivity index (χ3v) is 1.80. The highest BCUT2D eigenvalue weighted by Crippen LogP contribution is 2.09. The minimum Gasteiger partial charge on any atom is -0.419 e. The van der Waals surface area contributed by atoms with Crippen LogP contribution in [0.5, 0.6) is 0 Å². The minimum absolute atomic E-state index is 0.193. The van der Waals surface area contributed by atoms with Gasteiger partial charge < -0.3 is 15.2 Å². The van der Waals surface area contributed by atoms with Crippen LogP contribution in [-0.2, 0) is 14.3 Å². The van der Waals surface area contributed by atoms with Crippen LogP contribution in [0.25, 0.3) is 0 Å². The molecule has 16 heavy (non-hydrogen) atoms. The maximum Gasteiger partial charge on any atom is 0.309 e. The van der Waals surface area contributed by atoms with Crippen LogP contribution in [0.15, 0.2) is 0 Å². The summed E-state index contributed by atoms with van der Waals surface area (Å²) in [6.07, 6.45) is 2.98. The number of nitrogens with two attached hydrogens (primary N) is 1. The summed E-state index contributed by atoms with van der Waals surface area (Å²) >= 11 is 0. The van der Waals surface area contributed by atoms with Gasteiger partial charge in [-0.1, -0.05) is 0 Å². The van der Waals surface area contributed by atoms with Crippen molar-refractivity contribution in [2.75, 3.05) is 19.8 Å². The average molecular weight is 230 g/mol. The number of carbonyl (C=O) groups is 1. The molecule has 0 aliphatic heterocycles. The van der Waals surface area contributed by atoms with Gasteiger partial charge in [-0.05, 0) is 25.8 Å². The Labute approximate surface area is 98.5 Å². The fourth-order valence-corrected chi connectivity index (χ4v) is 1.12. The Kier molecular flexibility index (Phi) is 8.03. The lowest BCUT2D eigenvalue weighted by Gasteiger charge is -2.12. The van der Waals surface area contributed by atoms with E-state index >= 15 is 0 Å². The van der Waals surface area contributed by atoms with Crippen LogP contribution in [0.2, 0.25) is 0 Å². The molecule has 2 N–H and O–H groups in total. The third-order valence-electron chi connectivity index (χ3n) is 1.80. The van der Waals surface area contributed by atoms with E-state index < -0.39 is 5.60 Å². The first-order valence-corrected chi connectivity index (χ1v) is 5.81. The molecule has 0 heterocycles. The van der Waals surface area contributed by atoms with Crippen molar-refractivity contribution in [3.05, 3.63) is 6.92 Å². The third kappa shape index (κ3) is 11.3. The van der Waals surface area contributed by atoms with Crippen molar-refractivity contribution < 1.29 is 14.3 Å². The van der Waals surface area contributed by atoms with Gasteiger partial charge in [-0.3, -0.25) is 4.79 Å². The molecule has 0 aromatic heterocycles. The van der Waals surface area contributed by atoms with Gasteiger partial charge in [0.1, 0.15) is 6.92 Å². The number of rotatable bonds is 9. The molecule has 0 radical (unpaired) electrons. The number of carbonyl (C=O) groups excluding carboxylic acids is 1. The summed E-state index contributed by atoms with van der Waals surface area (Å²) in [5.74, 6) is -0.193. The fourth-order valence-electron chi connectivity index (χ4n) is 1.12. The highest BCUT2D eigenvalue weighted by molar-refractivity contribution is 5.69. The van der Waals surface area contributed by atoms with Gasteiger partial charge in [-0.15, -0.1) is 0 Å². The number of unbranched alkanes of at least 4 members (excludes halogenated alkanes) is 1. The van der Waals surface area contributed by atoms with Crippen molar-refractivity contribution in [3.63, 3.8) is 0 Å². The summed E-state index contributed by atoms with van der Waals surface area (Å²) < 4.78 is 10.4. The smallest absolute Gasteiger partial charge is 0.309 e. The molecular weight excluding hydrogens is 206 g/mol. The number of hydrogen-bond donors (Lipinski definition) is 1. The van der Waals surface area contributed by atoms with E-state index in [9.17, 15) is 4.79 Å². The largest absolute Gasteiger partial charge is 0.419 e. The molecule has 0 aromatic rings. The Morgan fingerprint density at radius 2 is 1.88 bits per heavy atom. The molecule has 0 aromatic carbocycles. The van der Waals surface area contributed by atoms with Gasteiger partial charge >= 0.3 is 5.97 Å². The second-order valence-electron chi connectivity index (χ2n) is 4.45. The lowest BCUT2D eigenvalue weighted by atomic mass is 10.2. The van der Waals surface area contributed by atoms with Crippen LogP contribution in [0, 0.1) is 6.92 Å². The summed E-state index contributed by atoms with van der Waals surface area (Å²) in [5, 5.41) is 0. The molecule has 0 aliphatic rings. The first-order chi connectivity index (χ1) is 7.45. The zero-order chi connectivity index (χ0) is 12.4. The number of hydrogen-bond acceptors (Lipinski definition) is 4. The van der Waals surface area contributed by atoms with E-state index in [1.54, 1.807) is 13.8 Å². The molecule has 0 saturated carbocycles. The maximum absolute atomic E-state index is 11.3. The van der Waals surface area contributed by atoms with Gasteiger partial charge in [0, 0.05) is 33.5 Å². The molecule has 0 unspecified atom stereocenters. The van der Waals surface area contributed by atoms with E-state index in [0.29, 0.717) is 26.2 Å². The summed E-state index contributed by atoms with van der Waals surface area (Å²) in [6, 6.07) is 0. The van der Waals surface area contributed by atoms with E-state index in [1.807, 2.05) is 0 Å². The molecule has 4 heteroatoms. The second kappa shape index (κ2) is 8.42. The zero-order valence-electron chi connectivity index (χ0n) is 10.5. The molecule has 0 atom stereocenters. The molecular formula is C12H24NO3+. The quantitative estimate of drug-likeness (QED) is 0.372. The predicted octanol–water partition coefficient (Wildman–Crippen LogP) is 1.68. The average Bonchev–Trinajstić information content (AvgIpc) is 2.13. The maximum atomic E-state index is 11.3. The van der Waals surface area contributed by atoms with Crippen LogP contribution < -0.4 is 5.73 Å². The number of ether oxygens (including phenoxy) is 2. The second-order valence-corrected chi connectivity index (χ2v) is 4.45. The van der Waals surface area contributed by atoms with E-state index in [1.165, 1.54) is 0 Å². The SMILES string of the molecule is [CH2+]C(C)(C)OC(=O)CCCCOCCCN. The molecule has 94 valence electrons. The van der Waals surface area contributed by atoms with E-state index in [-0.39, 0.29) is 5.97 Å². The van der Waals surface area contributed by atoms with Gasteiger partial charge in [0.15, 0.2) is 0 Å². The predicted molar refractivity (Wildman–Crippen MR) is 63.9 cm³/mol. The van der Waals surface area contributed by atoms with Crippen molar-refractivity contribution >= 4 is 5.97 Å². The summed E-state index contributed by atoms with van der Waals surface area (Å²) in [5.41, 5.74) is 4.69. The van der Waals surface area contributed by atoms with Crippen LogP contribution in [0.3, 0.4) is 0 Å². The lowest BCUT2D eigenvalue weighted by Crippen LogP contribution is -2.24. The highest BCUT2D eigenvalue weighted by Gasteiger charge is 2.22. The van der Waals surface area contributed by atoms with Gasteiger partial charge in [0.25, 0.3) is 0 Å². The molecule has 0 fully saturated rings. The van der Waals surface area contributed by atoms with Crippen LogP contribution in [-0.4, -0.2) is 31.3 Å². The minimum atomic E-state index is -0.630. The van der Waals surface area contributed by atoms with Crippen molar-refractivity contribution in [2.24, 2.45) is 5.73 Å². The molecule has 0 spiro atoms. The topological polar surface area (TPSA) is 61.5 Å². The monoisotopic (exact) mass is 230 g/mol. The molecule has 0 rings (SSSR count). The fraction of sp³-hybridized carbons (Fsp3) is 0.833. The van der Waals surface area contributed by atoms with E-state index in [2.05, 4.69) is 6.92 Å². The van der Waals surface area contributed by atoms with Crippen molar-refractivity contribution in [1.82, 2.24) is 0 Å². The Balaban J connectivity index is 3.28. The Hall–Kier alpha value is -0.740. The molecule has 0 aliphatic carbocycles. The molecule has 4 nitrogen and oxygen atoms in total. The number of esters is 1. The molecule has 0 saturated heterocycles. The van der Waals surface area contributed by atoms with Gasteiger partial charge in [-0.2, -0.15) is 0 Å². The van der Waals surface area contributed by atoms with Gasteiger partial charge in [0.05, 0.1) is 0 Å². The van der Waals surface area contributed by atoms with Crippen LogP contribution >= 0.6 is 0 Å². The highest BCUT2D eigenvalue weighted by atomic mass is 16.6. The molecule has 0 amide bonds. The van der Waals surface area contributed by atoms with E-state index in [0.717, 1.165) is 19.3 Å². The summed E-state index contributed by atoms with van der Waals surface area (Å²) in [6.45, 7) is 9.28. The normalized spacial score (nSPS) is 11.4. The Morgan fingerprint density at radius 1 is 1.25 bits per heavy atom. The molecule has 0 bridgehead atoms. The van der Waals surface area contributed by atoms with Crippen molar-refractivity contribution in [2.45, 2.75) is 45.1 Å². The Morgan fingerprint density at radius 3 is 2.44 bits per heavy atom. The van der Waals surface area contributed by atoms with Crippen LogP contribution in [0.4, 0.5) is 0 Å². The van der Waals surface area contributed by atoms with Crippen LogP contribution in [0.1, 0.15) is 39.5 Å². The Bertz CT molecular complexity index is 187. The van der Waals surface area contributed by atoms with E-state index in [4.69, 9.17) is 15.2 Å². The standard InChI is InChI=1S/C12H24NO3/c1-12(2,3)16-11(14)7-4-5-9-15-10-6-8-13/h1,4-10,13H2,2-3H3/q+1. The van der Waals surface area contributed by atoms with Crippen molar-refractivity contribution in [3.8, 4) is 0 Å². The first kappa shape index (κ1) is 15.3. The van der Waals surface area contributed by atoms with Crippen molar-refractivity contribution in [1.29, 1.82) is 0 Å².